The molecule has 5 nitrogen and oxygen atoms in total. The number of aryl methyl sites for hydroxylation is 1. The normalized spacial score (nSPS) is 10.3. The summed E-state index contributed by atoms with van der Waals surface area (Å²) in [5.74, 6) is 0.156. The van der Waals surface area contributed by atoms with E-state index in [4.69, 9.17) is 4.74 Å². The van der Waals surface area contributed by atoms with Gasteiger partial charge in [0.25, 0.3) is 5.91 Å². The highest BCUT2D eigenvalue weighted by atomic mass is 79.9. The zero-order valence-electron chi connectivity index (χ0n) is 16.7. The maximum absolute atomic E-state index is 12.8. The molecule has 2 N–H and O–H groups in total. The van der Waals surface area contributed by atoms with Gasteiger partial charge in [0.05, 0.1) is 12.2 Å². The molecule has 0 spiro atoms. The summed E-state index contributed by atoms with van der Waals surface area (Å²) in [5, 5.41) is 5.75. The van der Waals surface area contributed by atoms with Gasteiger partial charge in [0, 0.05) is 22.3 Å². The van der Waals surface area contributed by atoms with Crippen LogP contribution in [0.3, 0.4) is 0 Å². The molecule has 0 bridgehead atoms. The average molecular weight is 467 g/mol. The molecular weight excluding hydrogens is 444 g/mol. The standard InChI is InChI=1S/C24H23BrN2O3/c1-2-30-22-13-12-18(25)15-21(22)24(29)27-20-10-6-9-19(16-20)26-23(28)14-11-17-7-4-3-5-8-17/h3-10,12-13,15-16H,2,11,14H2,1H3,(H,26,28)(H,27,29). The molecule has 6 heteroatoms. The number of rotatable bonds is 8. The van der Waals surface area contributed by atoms with Crippen molar-refractivity contribution in [3.63, 3.8) is 0 Å². The summed E-state index contributed by atoms with van der Waals surface area (Å²) in [7, 11) is 0. The fourth-order valence-electron chi connectivity index (χ4n) is 2.96. The van der Waals surface area contributed by atoms with E-state index >= 15 is 0 Å². The Labute approximate surface area is 184 Å². The van der Waals surface area contributed by atoms with Crippen molar-refractivity contribution in [1.82, 2.24) is 0 Å². The van der Waals surface area contributed by atoms with Gasteiger partial charge in [-0.25, -0.2) is 0 Å². The zero-order chi connectivity index (χ0) is 21.3. The van der Waals surface area contributed by atoms with Crippen molar-refractivity contribution in [3.05, 3.63) is 88.4 Å². The van der Waals surface area contributed by atoms with E-state index in [1.807, 2.05) is 43.3 Å². The molecule has 154 valence electrons. The number of ether oxygens (including phenoxy) is 1. The van der Waals surface area contributed by atoms with Crippen LogP contribution in [-0.4, -0.2) is 18.4 Å². The van der Waals surface area contributed by atoms with Gasteiger partial charge in [0.2, 0.25) is 5.91 Å². The molecule has 0 aliphatic rings. The van der Waals surface area contributed by atoms with Crippen molar-refractivity contribution in [2.75, 3.05) is 17.2 Å². The average Bonchev–Trinajstić information content (AvgIpc) is 2.74. The van der Waals surface area contributed by atoms with Gasteiger partial charge in [-0.05, 0) is 55.3 Å². The molecule has 0 aromatic heterocycles. The summed E-state index contributed by atoms with van der Waals surface area (Å²) in [6.45, 7) is 2.33. The van der Waals surface area contributed by atoms with Gasteiger partial charge in [-0.15, -0.1) is 0 Å². The molecule has 3 rings (SSSR count). The molecule has 0 heterocycles. The highest BCUT2D eigenvalue weighted by Gasteiger charge is 2.14. The van der Waals surface area contributed by atoms with E-state index in [0.29, 0.717) is 42.1 Å². The Morgan fingerprint density at radius 2 is 1.63 bits per heavy atom. The third-order valence-electron chi connectivity index (χ3n) is 4.37. The minimum Gasteiger partial charge on any atom is -0.493 e. The smallest absolute Gasteiger partial charge is 0.259 e. The van der Waals surface area contributed by atoms with Gasteiger partial charge in [-0.1, -0.05) is 52.3 Å². The monoisotopic (exact) mass is 466 g/mol. The van der Waals surface area contributed by atoms with Crippen molar-refractivity contribution < 1.29 is 14.3 Å². The first-order chi connectivity index (χ1) is 14.5. The first-order valence-corrected chi connectivity index (χ1v) is 10.5. The van der Waals surface area contributed by atoms with Crippen LogP contribution in [-0.2, 0) is 11.2 Å². The molecule has 0 fully saturated rings. The van der Waals surface area contributed by atoms with Gasteiger partial charge >= 0.3 is 0 Å². The van der Waals surface area contributed by atoms with Gasteiger partial charge in [0.1, 0.15) is 5.75 Å². The summed E-state index contributed by atoms with van der Waals surface area (Å²) < 4.78 is 6.34. The van der Waals surface area contributed by atoms with Crippen LogP contribution in [0.25, 0.3) is 0 Å². The summed E-state index contributed by atoms with van der Waals surface area (Å²) in [4.78, 5) is 25.0. The third-order valence-corrected chi connectivity index (χ3v) is 4.87. The highest BCUT2D eigenvalue weighted by molar-refractivity contribution is 9.10. The van der Waals surface area contributed by atoms with Crippen molar-refractivity contribution in [1.29, 1.82) is 0 Å². The third kappa shape index (κ3) is 6.19. The number of benzene rings is 3. The van der Waals surface area contributed by atoms with Crippen molar-refractivity contribution in [3.8, 4) is 5.75 Å². The van der Waals surface area contributed by atoms with Crippen LogP contribution in [0.1, 0.15) is 29.3 Å². The molecular formula is C24H23BrN2O3. The second-order valence-corrected chi connectivity index (χ2v) is 7.56. The van der Waals surface area contributed by atoms with Gasteiger partial charge < -0.3 is 15.4 Å². The second kappa shape index (κ2) is 10.6. The maximum Gasteiger partial charge on any atom is 0.259 e. The van der Waals surface area contributed by atoms with E-state index in [9.17, 15) is 9.59 Å². The predicted octanol–water partition coefficient (Wildman–Crippen LogP) is 5.67. The molecule has 2 amide bonds. The Morgan fingerprint density at radius 3 is 2.37 bits per heavy atom. The Kier molecular flexibility index (Phi) is 7.63. The number of anilines is 2. The van der Waals surface area contributed by atoms with Crippen LogP contribution in [0.2, 0.25) is 0 Å². The fourth-order valence-corrected chi connectivity index (χ4v) is 3.32. The SMILES string of the molecule is CCOc1ccc(Br)cc1C(=O)Nc1cccc(NC(=O)CCc2ccccc2)c1. The van der Waals surface area contributed by atoms with Crippen molar-refractivity contribution >= 4 is 39.1 Å². The predicted molar refractivity (Wildman–Crippen MR) is 123 cm³/mol. The van der Waals surface area contributed by atoms with E-state index in [1.54, 1.807) is 36.4 Å². The molecule has 0 radical (unpaired) electrons. The number of amides is 2. The summed E-state index contributed by atoms with van der Waals surface area (Å²) in [6, 6.07) is 22.3. The molecule has 0 saturated carbocycles. The molecule has 0 aliphatic heterocycles. The van der Waals surface area contributed by atoms with Crippen LogP contribution in [0.15, 0.2) is 77.3 Å². The lowest BCUT2D eigenvalue weighted by Gasteiger charge is -2.12. The largest absolute Gasteiger partial charge is 0.493 e. The number of carbonyl (C=O) groups is 2. The fraction of sp³-hybridized carbons (Fsp3) is 0.167. The topological polar surface area (TPSA) is 67.4 Å². The van der Waals surface area contributed by atoms with E-state index in [1.165, 1.54) is 0 Å². The van der Waals surface area contributed by atoms with Crippen molar-refractivity contribution in [2.45, 2.75) is 19.8 Å². The Morgan fingerprint density at radius 1 is 0.900 bits per heavy atom. The van der Waals surface area contributed by atoms with Crippen LogP contribution in [0.5, 0.6) is 5.75 Å². The number of hydrogen-bond donors (Lipinski definition) is 2. The number of hydrogen-bond acceptors (Lipinski definition) is 3. The molecule has 3 aromatic carbocycles. The highest BCUT2D eigenvalue weighted by Crippen LogP contribution is 2.25. The lowest BCUT2D eigenvalue weighted by Crippen LogP contribution is -2.15. The minimum atomic E-state index is -0.285. The van der Waals surface area contributed by atoms with E-state index in [2.05, 4.69) is 26.6 Å². The Balaban J connectivity index is 1.63. The quantitative estimate of drug-likeness (QED) is 0.449. The molecule has 0 aliphatic carbocycles. The number of nitrogens with one attached hydrogen (secondary N) is 2. The van der Waals surface area contributed by atoms with E-state index in [0.717, 1.165) is 10.0 Å². The minimum absolute atomic E-state index is 0.0760. The first kappa shape index (κ1) is 21.6. The number of halogens is 1. The maximum atomic E-state index is 12.8. The molecule has 3 aromatic rings. The first-order valence-electron chi connectivity index (χ1n) is 9.72. The van der Waals surface area contributed by atoms with Crippen LogP contribution in [0, 0.1) is 0 Å². The van der Waals surface area contributed by atoms with Crippen molar-refractivity contribution in [2.24, 2.45) is 0 Å². The lowest BCUT2D eigenvalue weighted by molar-refractivity contribution is -0.116. The van der Waals surface area contributed by atoms with E-state index in [-0.39, 0.29) is 11.8 Å². The molecule has 0 atom stereocenters. The molecule has 0 saturated heterocycles. The molecule has 30 heavy (non-hydrogen) atoms. The summed E-state index contributed by atoms with van der Waals surface area (Å²) >= 11 is 3.39. The second-order valence-electron chi connectivity index (χ2n) is 6.64. The summed E-state index contributed by atoms with van der Waals surface area (Å²) in [6.07, 6.45) is 1.06. The van der Waals surface area contributed by atoms with Gasteiger partial charge in [-0.3, -0.25) is 9.59 Å². The summed E-state index contributed by atoms with van der Waals surface area (Å²) in [5.41, 5.74) is 2.77. The van der Waals surface area contributed by atoms with Crippen LogP contribution >= 0.6 is 15.9 Å². The van der Waals surface area contributed by atoms with Crippen LogP contribution in [0.4, 0.5) is 11.4 Å². The molecule has 0 unspecified atom stereocenters. The zero-order valence-corrected chi connectivity index (χ0v) is 18.2. The Hall–Kier alpha value is -3.12. The van der Waals surface area contributed by atoms with E-state index < -0.39 is 0 Å². The lowest BCUT2D eigenvalue weighted by atomic mass is 10.1. The van der Waals surface area contributed by atoms with Gasteiger partial charge in [0.15, 0.2) is 0 Å². The Bertz CT molecular complexity index is 1020. The number of carbonyl (C=O) groups excluding carboxylic acids is 2. The van der Waals surface area contributed by atoms with Crippen LogP contribution < -0.4 is 15.4 Å². The van der Waals surface area contributed by atoms with Gasteiger partial charge in [-0.2, -0.15) is 0 Å².